The quantitative estimate of drug-likeness (QED) is 0.104. The average Bonchev–Trinajstić information content (AvgIpc) is 3.84. The lowest BCUT2D eigenvalue weighted by Gasteiger charge is -2.49. The zero-order valence-electron chi connectivity index (χ0n) is 46.8. The summed E-state index contributed by atoms with van der Waals surface area (Å²) in [6, 6.07) is 4.12. The molecular weight excluding hydrogens is 1000 g/mol. The summed E-state index contributed by atoms with van der Waals surface area (Å²) in [7, 11) is 4.29. The van der Waals surface area contributed by atoms with E-state index in [4.69, 9.17) is 33.2 Å². The molecule has 21 nitrogen and oxygen atoms in total. The van der Waals surface area contributed by atoms with Crippen LogP contribution in [0.1, 0.15) is 113 Å². The number of esters is 1. The topological polar surface area (TPSA) is 263 Å². The third-order valence-corrected chi connectivity index (χ3v) is 17.8. The number of alkyl halides is 1. The van der Waals surface area contributed by atoms with E-state index in [0.717, 1.165) is 5.70 Å². The Morgan fingerprint density at radius 1 is 0.987 bits per heavy atom. The molecule has 0 aliphatic carbocycles. The van der Waals surface area contributed by atoms with Gasteiger partial charge in [-0.1, -0.05) is 32.9 Å². The number of aliphatic hydroxyl groups excluding tert-OH is 3. The second-order valence-corrected chi connectivity index (χ2v) is 24.3. The predicted molar refractivity (Wildman–Crippen MR) is 276 cm³/mol. The Bertz CT molecular complexity index is 2130. The van der Waals surface area contributed by atoms with Gasteiger partial charge in [-0.3, -0.25) is 9.80 Å². The lowest BCUT2D eigenvalue weighted by Crippen LogP contribution is -2.61. The highest BCUT2D eigenvalue weighted by Crippen LogP contribution is 2.41. The third-order valence-electron chi connectivity index (χ3n) is 16.4. The van der Waals surface area contributed by atoms with Crippen LogP contribution in [0.15, 0.2) is 41.1 Å². The van der Waals surface area contributed by atoms with Crippen LogP contribution in [0, 0.1) is 17.8 Å². The van der Waals surface area contributed by atoms with Crippen molar-refractivity contribution >= 4 is 16.0 Å². The molecule has 0 amide bonds. The minimum absolute atomic E-state index is 0.0658. The highest BCUT2D eigenvalue weighted by atomic mass is 32.2. The highest BCUT2D eigenvalue weighted by Gasteiger charge is 2.53. The van der Waals surface area contributed by atoms with Gasteiger partial charge < -0.3 is 73.9 Å². The molecule has 0 radical (unpaired) electrons. The van der Waals surface area contributed by atoms with Gasteiger partial charge in [0.1, 0.15) is 48.8 Å². The van der Waals surface area contributed by atoms with Crippen molar-refractivity contribution in [1.29, 1.82) is 0 Å². The standard InChI is InChI=1S/C52H91FN6O15S/c1-16-40-52(10,65)45(61)33(6)58(13)27-29(2)24-50(8,64)47(31(4)43(32(5)48(63)72-40)73-41-25-51(9,69-15)46(62)34(7)71-41)74-49-42(60)38(23-30(3)70-49)57(12)22-21-36-28-59(56-55-36)39(26-53)44(68-14)35-17-19-37(20-18-35)75(66,67)54-11/h17-20,28-34,38-47,49,54-56,60-62,64-65H,16,21-27H2,1-15H3/t29-,30-,31+,32-,33-,34+,38+,39-,40-,41+,42-,43+,44-,45-,46+,47-,49+,50-,51-,52-/m1/s1. The second-order valence-electron chi connectivity index (χ2n) is 22.4. The summed E-state index contributed by atoms with van der Waals surface area (Å²) in [6.45, 7) is 17.3. The molecule has 8 N–H and O–H groups in total. The van der Waals surface area contributed by atoms with Gasteiger partial charge in [-0.05, 0) is 112 Å². The molecule has 0 aromatic heterocycles. The van der Waals surface area contributed by atoms with E-state index in [1.165, 1.54) is 40.3 Å². The number of nitrogens with zero attached hydrogens (tertiary/aromatic N) is 3. The number of rotatable bonds is 17. The summed E-state index contributed by atoms with van der Waals surface area (Å²) >= 11 is 0. The average molecular weight is 1090 g/mol. The molecule has 5 rings (SSSR count). The number of hydrazine groups is 2. The molecule has 20 atom stereocenters. The number of likely N-dealkylation sites (N-methyl/N-ethyl adjacent to an activating group) is 2. The van der Waals surface area contributed by atoms with E-state index in [1.807, 2.05) is 37.7 Å². The van der Waals surface area contributed by atoms with Gasteiger partial charge in [-0.25, -0.2) is 17.5 Å². The van der Waals surface area contributed by atoms with Gasteiger partial charge in [0.2, 0.25) is 10.0 Å². The lowest BCUT2D eigenvalue weighted by molar-refractivity contribution is -0.318. The highest BCUT2D eigenvalue weighted by molar-refractivity contribution is 7.89. The van der Waals surface area contributed by atoms with Gasteiger partial charge in [-0.2, -0.15) is 0 Å². The number of halogens is 1. The minimum atomic E-state index is -3.67. The largest absolute Gasteiger partial charge is 0.459 e. The molecular formula is C52H91FN6O15S. The summed E-state index contributed by atoms with van der Waals surface area (Å²) in [5.41, 5.74) is 2.80. The van der Waals surface area contributed by atoms with E-state index in [0.29, 0.717) is 31.5 Å². The first kappa shape index (κ1) is 63.1. The van der Waals surface area contributed by atoms with Crippen LogP contribution in [0.3, 0.4) is 0 Å². The molecule has 0 bridgehead atoms. The molecule has 1 aromatic carbocycles. The second kappa shape index (κ2) is 26.1. The predicted octanol–water partition coefficient (Wildman–Crippen LogP) is 2.46. The van der Waals surface area contributed by atoms with Crippen LogP contribution >= 0.6 is 0 Å². The van der Waals surface area contributed by atoms with Crippen molar-refractivity contribution < 1.29 is 76.3 Å². The molecule has 432 valence electrons. The van der Waals surface area contributed by atoms with Crippen molar-refractivity contribution in [3.63, 3.8) is 0 Å². The van der Waals surface area contributed by atoms with Gasteiger partial charge in [0, 0.05) is 70.0 Å². The maximum absolute atomic E-state index is 14.8. The van der Waals surface area contributed by atoms with Crippen LogP contribution in [0.5, 0.6) is 0 Å². The fraction of sp³-hybridized carbons (Fsp3) is 0.827. The Kier molecular flexibility index (Phi) is 21.9. The fourth-order valence-corrected chi connectivity index (χ4v) is 12.3. The molecule has 4 aliphatic heterocycles. The van der Waals surface area contributed by atoms with Gasteiger partial charge in [0.05, 0.1) is 46.4 Å². The van der Waals surface area contributed by atoms with E-state index >= 15 is 0 Å². The molecule has 3 fully saturated rings. The number of ether oxygens (including phenoxy) is 7. The molecule has 4 aliphatic rings. The van der Waals surface area contributed by atoms with Crippen LogP contribution < -0.4 is 15.7 Å². The molecule has 3 saturated heterocycles. The Labute approximate surface area is 444 Å². The summed E-state index contributed by atoms with van der Waals surface area (Å²) in [6.07, 6.45) is -8.22. The third kappa shape index (κ3) is 14.6. The Hall–Kier alpha value is -2.69. The van der Waals surface area contributed by atoms with Crippen LogP contribution in [-0.4, -0.2) is 206 Å². The lowest BCUT2D eigenvalue weighted by atomic mass is 9.77. The zero-order valence-corrected chi connectivity index (χ0v) is 47.6. The van der Waals surface area contributed by atoms with Crippen molar-refractivity contribution in [2.75, 3.05) is 55.1 Å². The zero-order chi connectivity index (χ0) is 56.1. The number of methoxy groups -OCH3 is 2. The molecule has 0 unspecified atom stereocenters. The van der Waals surface area contributed by atoms with Crippen LogP contribution in [-0.2, 0) is 48.0 Å². The Morgan fingerprint density at radius 3 is 2.23 bits per heavy atom. The summed E-state index contributed by atoms with van der Waals surface area (Å²) in [4.78, 5) is 18.5. The summed E-state index contributed by atoms with van der Waals surface area (Å²) < 4.78 is 85.8. The van der Waals surface area contributed by atoms with Gasteiger partial charge in [0.25, 0.3) is 0 Å². The minimum Gasteiger partial charge on any atom is -0.459 e. The van der Waals surface area contributed by atoms with E-state index in [-0.39, 0.29) is 30.1 Å². The number of aliphatic hydroxyl groups is 5. The number of hydrogen-bond acceptors (Lipinski definition) is 20. The molecule has 23 heteroatoms. The van der Waals surface area contributed by atoms with Crippen LogP contribution in [0.2, 0.25) is 0 Å². The molecule has 4 heterocycles. The first-order valence-electron chi connectivity index (χ1n) is 26.4. The number of benzene rings is 1. The van der Waals surface area contributed by atoms with Crippen molar-refractivity contribution in [3.8, 4) is 0 Å². The van der Waals surface area contributed by atoms with E-state index in [1.54, 1.807) is 71.8 Å². The van der Waals surface area contributed by atoms with Gasteiger partial charge in [-0.15, -0.1) is 5.53 Å². The number of cyclic esters (lactones) is 1. The monoisotopic (exact) mass is 1090 g/mol. The SMILES string of the molecule is CC[C@H]1OC(=O)[C@H](C)[C@@H](O[C@H]2C[C@@](C)(OC)[C@@H](O)[C@H](C)O2)[C@H](C)[C@@H](O[C@@H]2O[C@H](C)C[C@H](N(C)CCC3=CN([C@H](CF)[C@H](OC)c4ccc(S(=O)(=O)NC)cc4)NN3)[C@H]2O)[C@](C)(O)C[C@@H](C)CN(C)[C@H](C)[C@@H](O)[C@]1(C)O. The maximum atomic E-state index is 14.8. The van der Waals surface area contributed by atoms with Crippen molar-refractivity contribution in [3.05, 3.63) is 41.7 Å². The normalized spacial score (nSPS) is 40.0. The Morgan fingerprint density at radius 2 is 1.64 bits per heavy atom. The van der Waals surface area contributed by atoms with Gasteiger partial charge >= 0.3 is 5.97 Å². The smallest absolute Gasteiger partial charge is 0.311 e. The van der Waals surface area contributed by atoms with Gasteiger partial charge in [0.15, 0.2) is 12.6 Å². The number of carbonyl (C=O) groups is 1. The molecule has 0 spiro atoms. The van der Waals surface area contributed by atoms with Crippen molar-refractivity contribution in [1.82, 2.24) is 30.5 Å². The van der Waals surface area contributed by atoms with E-state index in [2.05, 4.69) is 15.7 Å². The summed E-state index contributed by atoms with van der Waals surface area (Å²) in [5.74, 6) is -2.93. The Balaban J connectivity index is 1.43. The number of nitrogens with one attached hydrogen (secondary N) is 3. The first-order valence-corrected chi connectivity index (χ1v) is 27.9. The van der Waals surface area contributed by atoms with Crippen LogP contribution in [0.25, 0.3) is 0 Å². The van der Waals surface area contributed by atoms with Crippen molar-refractivity contribution in [2.24, 2.45) is 17.8 Å². The first-order chi connectivity index (χ1) is 35.0. The van der Waals surface area contributed by atoms with Crippen LogP contribution in [0.4, 0.5) is 4.39 Å². The molecule has 0 saturated carbocycles. The number of carbonyl (C=O) groups excluding carboxylic acids is 1. The molecule has 75 heavy (non-hydrogen) atoms. The van der Waals surface area contributed by atoms with E-state index in [9.17, 15) is 43.1 Å². The fourth-order valence-electron chi connectivity index (χ4n) is 11.6. The van der Waals surface area contributed by atoms with Crippen molar-refractivity contribution in [2.45, 2.75) is 209 Å². The summed E-state index contributed by atoms with van der Waals surface area (Å²) in [5, 5.41) is 61.4. The van der Waals surface area contributed by atoms with E-state index < -0.39 is 137 Å². The number of hydrogen-bond donors (Lipinski definition) is 8. The molecule has 1 aromatic rings. The number of sulfonamides is 1. The maximum Gasteiger partial charge on any atom is 0.311 e.